The third-order valence-corrected chi connectivity index (χ3v) is 4.11. The maximum absolute atomic E-state index is 11.1. The van der Waals surface area contributed by atoms with E-state index in [2.05, 4.69) is 15.9 Å². The fourth-order valence-corrected chi connectivity index (χ4v) is 2.88. The van der Waals surface area contributed by atoms with Crippen molar-refractivity contribution in [2.45, 2.75) is 25.2 Å². The van der Waals surface area contributed by atoms with Crippen LogP contribution in [-0.4, -0.2) is 25.3 Å². The minimum absolute atomic E-state index is 0.00514. The molecule has 19 heavy (non-hydrogen) atoms. The summed E-state index contributed by atoms with van der Waals surface area (Å²) >= 11 is 3.41. The number of rotatable bonds is 6. The minimum atomic E-state index is -0.777. The van der Waals surface area contributed by atoms with Gasteiger partial charge in [0.1, 0.15) is 11.5 Å². The van der Waals surface area contributed by atoms with Crippen molar-refractivity contribution in [2.24, 2.45) is 5.92 Å². The maximum atomic E-state index is 11.1. The highest BCUT2D eigenvalue weighted by Crippen LogP contribution is 2.48. The maximum Gasteiger partial charge on any atom is 0.303 e. The van der Waals surface area contributed by atoms with Crippen LogP contribution in [0, 0.1) is 5.92 Å². The molecule has 1 N–H and O–H groups in total. The second-order valence-electron chi connectivity index (χ2n) is 4.77. The molecule has 1 unspecified atom stereocenters. The lowest BCUT2D eigenvalue weighted by Crippen LogP contribution is -2.10. The zero-order valence-electron chi connectivity index (χ0n) is 11.0. The summed E-state index contributed by atoms with van der Waals surface area (Å²) < 4.78 is 11.5. The van der Waals surface area contributed by atoms with Gasteiger partial charge in [-0.1, -0.05) is 0 Å². The minimum Gasteiger partial charge on any atom is -0.496 e. The lowest BCUT2D eigenvalue weighted by Gasteiger charge is -2.19. The summed E-state index contributed by atoms with van der Waals surface area (Å²) in [4.78, 5) is 11.1. The molecule has 1 fully saturated rings. The molecule has 1 aromatic carbocycles. The van der Waals surface area contributed by atoms with Crippen LogP contribution in [0.3, 0.4) is 0 Å². The van der Waals surface area contributed by atoms with Crippen molar-refractivity contribution in [3.63, 3.8) is 0 Å². The molecule has 1 atom stereocenters. The van der Waals surface area contributed by atoms with E-state index in [1.807, 2.05) is 12.1 Å². The number of benzene rings is 1. The van der Waals surface area contributed by atoms with Crippen molar-refractivity contribution in [1.29, 1.82) is 0 Å². The van der Waals surface area contributed by atoms with Gasteiger partial charge in [-0.05, 0) is 46.8 Å². The Bertz CT molecular complexity index is 483. The van der Waals surface area contributed by atoms with Gasteiger partial charge in [0.25, 0.3) is 0 Å². The quantitative estimate of drug-likeness (QED) is 0.869. The highest BCUT2D eigenvalue weighted by molar-refractivity contribution is 9.10. The number of hydrogen-bond acceptors (Lipinski definition) is 3. The van der Waals surface area contributed by atoms with Crippen molar-refractivity contribution < 1.29 is 19.4 Å². The molecule has 0 aromatic heterocycles. The summed E-state index contributed by atoms with van der Waals surface area (Å²) in [7, 11) is 3.20. The molecule has 0 saturated heterocycles. The van der Waals surface area contributed by atoms with E-state index in [0.29, 0.717) is 17.4 Å². The van der Waals surface area contributed by atoms with Gasteiger partial charge in [0.2, 0.25) is 0 Å². The summed E-state index contributed by atoms with van der Waals surface area (Å²) in [6.45, 7) is 0. The fraction of sp³-hybridized carbons (Fsp3) is 0.500. The second kappa shape index (κ2) is 5.82. The summed E-state index contributed by atoms with van der Waals surface area (Å²) in [5.74, 6) is 1.07. The first-order valence-electron chi connectivity index (χ1n) is 6.20. The Kier molecular flexibility index (Phi) is 4.34. The number of halogens is 1. The van der Waals surface area contributed by atoms with E-state index in [4.69, 9.17) is 14.6 Å². The van der Waals surface area contributed by atoms with Crippen molar-refractivity contribution >= 4 is 21.9 Å². The zero-order valence-corrected chi connectivity index (χ0v) is 12.6. The molecule has 1 aromatic rings. The Hall–Kier alpha value is -1.23. The van der Waals surface area contributed by atoms with Gasteiger partial charge in [-0.25, -0.2) is 0 Å². The summed E-state index contributed by atoms with van der Waals surface area (Å²) in [5.41, 5.74) is 0.924. The number of ether oxygens (including phenoxy) is 2. The molecule has 2 rings (SSSR count). The normalized spacial score (nSPS) is 15.9. The van der Waals surface area contributed by atoms with Gasteiger partial charge in [-0.3, -0.25) is 4.79 Å². The second-order valence-corrected chi connectivity index (χ2v) is 5.62. The molecule has 0 aliphatic heterocycles. The number of carboxylic acids is 1. The van der Waals surface area contributed by atoms with Crippen LogP contribution in [0.4, 0.5) is 0 Å². The first kappa shape index (κ1) is 14.2. The first-order chi connectivity index (χ1) is 9.06. The van der Waals surface area contributed by atoms with E-state index < -0.39 is 5.97 Å². The molecule has 5 heteroatoms. The first-order valence-corrected chi connectivity index (χ1v) is 6.99. The fourth-order valence-electron chi connectivity index (χ4n) is 2.39. The Balaban J connectivity index is 2.41. The molecule has 0 heterocycles. The predicted octanol–water partition coefficient (Wildman–Crippen LogP) is 3.43. The molecule has 0 radical (unpaired) electrons. The van der Waals surface area contributed by atoms with Gasteiger partial charge in [-0.2, -0.15) is 0 Å². The van der Waals surface area contributed by atoms with Crippen LogP contribution in [0.1, 0.15) is 30.7 Å². The predicted molar refractivity (Wildman–Crippen MR) is 75.0 cm³/mol. The summed E-state index contributed by atoms with van der Waals surface area (Å²) in [6.07, 6.45) is 2.30. The standard InChI is InChI=1S/C14H17BrO4/c1-18-12-7-11(15)13(19-2)5-10(12)9(6-14(16)17)8-3-4-8/h5,7-9H,3-4,6H2,1-2H3,(H,16,17). The van der Waals surface area contributed by atoms with E-state index in [-0.39, 0.29) is 12.3 Å². The van der Waals surface area contributed by atoms with E-state index in [0.717, 1.165) is 22.9 Å². The SMILES string of the molecule is COc1cc(C(CC(=O)O)C2CC2)c(OC)cc1Br. The van der Waals surface area contributed by atoms with E-state index in [1.165, 1.54) is 0 Å². The molecule has 1 aliphatic carbocycles. The van der Waals surface area contributed by atoms with Crippen LogP contribution in [0.5, 0.6) is 11.5 Å². The molecular formula is C14H17BrO4. The van der Waals surface area contributed by atoms with Gasteiger partial charge in [0, 0.05) is 11.5 Å². The van der Waals surface area contributed by atoms with Crippen LogP contribution in [0.2, 0.25) is 0 Å². The zero-order chi connectivity index (χ0) is 14.0. The Labute approximate surface area is 120 Å². The monoisotopic (exact) mass is 328 g/mol. The third kappa shape index (κ3) is 3.21. The summed E-state index contributed by atoms with van der Waals surface area (Å²) in [6, 6.07) is 3.72. The van der Waals surface area contributed by atoms with Crippen LogP contribution < -0.4 is 9.47 Å². The van der Waals surface area contributed by atoms with E-state index >= 15 is 0 Å². The van der Waals surface area contributed by atoms with Gasteiger partial charge >= 0.3 is 5.97 Å². The number of aliphatic carboxylic acids is 1. The molecule has 1 saturated carbocycles. The van der Waals surface area contributed by atoms with Crippen molar-refractivity contribution in [3.05, 3.63) is 22.2 Å². The number of carboxylic acid groups (broad SMARTS) is 1. The Morgan fingerprint density at radius 1 is 1.37 bits per heavy atom. The van der Waals surface area contributed by atoms with Gasteiger partial charge in [0.15, 0.2) is 0 Å². The average molecular weight is 329 g/mol. The van der Waals surface area contributed by atoms with Crippen molar-refractivity contribution in [1.82, 2.24) is 0 Å². The number of hydrogen-bond donors (Lipinski definition) is 1. The smallest absolute Gasteiger partial charge is 0.303 e. The third-order valence-electron chi connectivity index (χ3n) is 3.49. The molecule has 0 spiro atoms. The van der Waals surface area contributed by atoms with Gasteiger partial charge in [-0.15, -0.1) is 0 Å². The van der Waals surface area contributed by atoms with Crippen LogP contribution in [-0.2, 0) is 4.79 Å². The molecule has 104 valence electrons. The van der Waals surface area contributed by atoms with E-state index in [1.54, 1.807) is 14.2 Å². The number of carbonyl (C=O) groups is 1. The molecule has 0 bridgehead atoms. The topological polar surface area (TPSA) is 55.8 Å². The summed E-state index contributed by atoms with van der Waals surface area (Å²) in [5, 5.41) is 9.09. The average Bonchev–Trinajstić information content (AvgIpc) is 3.19. The van der Waals surface area contributed by atoms with Gasteiger partial charge < -0.3 is 14.6 Å². The van der Waals surface area contributed by atoms with E-state index in [9.17, 15) is 4.79 Å². The van der Waals surface area contributed by atoms with Crippen LogP contribution in [0.25, 0.3) is 0 Å². The number of methoxy groups -OCH3 is 2. The lowest BCUT2D eigenvalue weighted by atomic mass is 9.90. The highest BCUT2D eigenvalue weighted by Gasteiger charge is 2.35. The highest BCUT2D eigenvalue weighted by atomic mass is 79.9. The van der Waals surface area contributed by atoms with Gasteiger partial charge in [0.05, 0.1) is 25.1 Å². The molecule has 1 aliphatic rings. The molecule has 0 amide bonds. The van der Waals surface area contributed by atoms with Crippen LogP contribution >= 0.6 is 15.9 Å². The molecular weight excluding hydrogens is 312 g/mol. The Morgan fingerprint density at radius 3 is 2.47 bits per heavy atom. The lowest BCUT2D eigenvalue weighted by molar-refractivity contribution is -0.137. The van der Waals surface area contributed by atoms with Crippen LogP contribution in [0.15, 0.2) is 16.6 Å². The Morgan fingerprint density at radius 2 is 2.00 bits per heavy atom. The largest absolute Gasteiger partial charge is 0.496 e. The van der Waals surface area contributed by atoms with Crippen molar-refractivity contribution in [3.8, 4) is 11.5 Å². The molecule has 4 nitrogen and oxygen atoms in total. The van der Waals surface area contributed by atoms with Crippen molar-refractivity contribution in [2.75, 3.05) is 14.2 Å².